The molecule has 0 aromatic rings. The van der Waals surface area contributed by atoms with Gasteiger partial charge in [0.05, 0.1) is 12.8 Å². The number of aliphatic hydroxyl groups is 1. The number of carboxylic acid groups (broad SMARTS) is 1. The van der Waals surface area contributed by atoms with E-state index in [1.807, 2.05) is 0 Å². The molecule has 19 heavy (non-hydrogen) atoms. The van der Waals surface area contributed by atoms with E-state index >= 15 is 0 Å². The molecule has 0 spiro atoms. The van der Waals surface area contributed by atoms with Crippen molar-refractivity contribution in [2.75, 3.05) is 25.9 Å². The van der Waals surface area contributed by atoms with Crippen LogP contribution in [0.15, 0.2) is 0 Å². The Balaban J connectivity index is 2.39. The van der Waals surface area contributed by atoms with Crippen LogP contribution in [-0.4, -0.2) is 66.8 Å². The quantitative estimate of drug-likeness (QED) is 0.550. The second kappa shape index (κ2) is 6.31. The first-order chi connectivity index (χ1) is 8.71. The molecule has 0 radical (unpaired) electrons. The van der Waals surface area contributed by atoms with E-state index in [0.717, 1.165) is 6.26 Å². The fourth-order valence-electron chi connectivity index (χ4n) is 1.88. The Morgan fingerprint density at radius 1 is 1.37 bits per heavy atom. The standard InChI is InChI=1S/C10H18N2O6S/c1-19(17,18)12-4-2-7(3-5-12)9(14)11-6-8(13)10(15)16/h7-8,13H,2-6H2,1H3,(H,11,14)(H,15,16). The highest BCUT2D eigenvalue weighted by atomic mass is 32.2. The van der Waals surface area contributed by atoms with Crippen LogP contribution in [0.1, 0.15) is 12.8 Å². The van der Waals surface area contributed by atoms with E-state index in [9.17, 15) is 18.0 Å². The molecule has 1 rings (SSSR count). The number of nitrogens with zero attached hydrogens (tertiary/aromatic N) is 1. The van der Waals surface area contributed by atoms with Gasteiger partial charge in [-0.15, -0.1) is 0 Å². The Kier molecular flexibility index (Phi) is 5.27. The van der Waals surface area contributed by atoms with E-state index < -0.39 is 22.1 Å². The monoisotopic (exact) mass is 294 g/mol. The summed E-state index contributed by atoms with van der Waals surface area (Å²) < 4.78 is 23.9. The zero-order chi connectivity index (χ0) is 14.6. The van der Waals surface area contributed by atoms with Gasteiger partial charge in [-0.25, -0.2) is 17.5 Å². The number of carbonyl (C=O) groups excluding carboxylic acids is 1. The van der Waals surface area contributed by atoms with E-state index in [2.05, 4.69) is 5.32 Å². The molecule has 1 atom stereocenters. The maximum Gasteiger partial charge on any atom is 0.334 e. The highest BCUT2D eigenvalue weighted by Crippen LogP contribution is 2.19. The Morgan fingerprint density at radius 3 is 2.32 bits per heavy atom. The van der Waals surface area contributed by atoms with E-state index in [-0.39, 0.29) is 31.5 Å². The van der Waals surface area contributed by atoms with Crippen LogP contribution in [0.25, 0.3) is 0 Å². The first kappa shape index (κ1) is 15.9. The molecule has 1 saturated heterocycles. The van der Waals surface area contributed by atoms with Crippen molar-refractivity contribution >= 4 is 21.9 Å². The molecule has 9 heteroatoms. The average Bonchev–Trinajstić information content (AvgIpc) is 2.34. The zero-order valence-corrected chi connectivity index (χ0v) is 11.4. The molecule has 1 fully saturated rings. The van der Waals surface area contributed by atoms with E-state index in [0.29, 0.717) is 12.8 Å². The van der Waals surface area contributed by atoms with Crippen LogP contribution in [0.3, 0.4) is 0 Å². The van der Waals surface area contributed by atoms with Crippen molar-refractivity contribution < 1.29 is 28.2 Å². The number of hydrogen-bond acceptors (Lipinski definition) is 5. The summed E-state index contributed by atoms with van der Waals surface area (Å²) in [5, 5.41) is 19.8. The lowest BCUT2D eigenvalue weighted by atomic mass is 9.97. The molecule has 1 heterocycles. The lowest BCUT2D eigenvalue weighted by Crippen LogP contribution is -2.44. The molecule has 0 saturated carbocycles. The van der Waals surface area contributed by atoms with Gasteiger partial charge >= 0.3 is 5.97 Å². The molecular weight excluding hydrogens is 276 g/mol. The molecule has 1 unspecified atom stereocenters. The number of amides is 1. The third kappa shape index (κ3) is 4.77. The third-order valence-electron chi connectivity index (χ3n) is 3.05. The van der Waals surface area contributed by atoms with E-state index in [4.69, 9.17) is 10.2 Å². The Labute approximate surface area is 111 Å². The summed E-state index contributed by atoms with van der Waals surface area (Å²) in [7, 11) is -3.23. The summed E-state index contributed by atoms with van der Waals surface area (Å²) in [6.07, 6.45) is 0.279. The topological polar surface area (TPSA) is 124 Å². The van der Waals surface area contributed by atoms with E-state index in [1.54, 1.807) is 0 Å². The van der Waals surface area contributed by atoms with Gasteiger partial charge in [0.2, 0.25) is 15.9 Å². The molecule has 110 valence electrons. The highest BCUT2D eigenvalue weighted by molar-refractivity contribution is 7.88. The number of carbonyl (C=O) groups is 2. The molecule has 1 aliphatic heterocycles. The lowest BCUT2D eigenvalue weighted by Gasteiger charge is -2.29. The van der Waals surface area contributed by atoms with Crippen LogP contribution in [0.2, 0.25) is 0 Å². The van der Waals surface area contributed by atoms with Crippen molar-refractivity contribution in [3.8, 4) is 0 Å². The second-order valence-corrected chi connectivity index (χ2v) is 6.52. The highest BCUT2D eigenvalue weighted by Gasteiger charge is 2.29. The maximum atomic E-state index is 11.7. The maximum absolute atomic E-state index is 11.7. The van der Waals surface area contributed by atoms with Crippen LogP contribution in [-0.2, 0) is 19.6 Å². The molecular formula is C10H18N2O6S. The number of sulfonamides is 1. The number of carboxylic acids is 1. The first-order valence-electron chi connectivity index (χ1n) is 5.85. The molecule has 0 aromatic carbocycles. The van der Waals surface area contributed by atoms with Gasteiger partial charge in [0.1, 0.15) is 0 Å². The van der Waals surface area contributed by atoms with Crippen LogP contribution in [0.5, 0.6) is 0 Å². The number of rotatable bonds is 5. The first-order valence-corrected chi connectivity index (χ1v) is 7.70. The summed E-state index contributed by atoms with van der Waals surface area (Å²) in [6.45, 7) is 0.206. The van der Waals surface area contributed by atoms with Gasteiger partial charge in [0.15, 0.2) is 6.10 Å². The Morgan fingerprint density at radius 2 is 1.89 bits per heavy atom. The molecule has 1 aliphatic rings. The van der Waals surface area contributed by atoms with Crippen molar-refractivity contribution in [1.82, 2.24) is 9.62 Å². The van der Waals surface area contributed by atoms with Crippen molar-refractivity contribution in [1.29, 1.82) is 0 Å². The molecule has 0 aromatic heterocycles. The molecule has 1 amide bonds. The normalized spacial score (nSPS) is 19.9. The fraction of sp³-hybridized carbons (Fsp3) is 0.800. The summed E-state index contributed by atoms with van der Waals surface area (Å²) in [5.74, 6) is -2.10. The summed E-state index contributed by atoms with van der Waals surface area (Å²) >= 11 is 0. The van der Waals surface area contributed by atoms with Crippen molar-refractivity contribution in [3.05, 3.63) is 0 Å². The lowest BCUT2D eigenvalue weighted by molar-refractivity contribution is -0.146. The predicted molar refractivity (Wildman–Crippen MR) is 65.8 cm³/mol. The zero-order valence-electron chi connectivity index (χ0n) is 10.6. The Hall–Kier alpha value is -1.19. The SMILES string of the molecule is CS(=O)(=O)N1CCC(C(=O)NCC(O)C(=O)O)CC1. The molecule has 3 N–H and O–H groups in total. The van der Waals surface area contributed by atoms with Gasteiger partial charge in [-0.1, -0.05) is 0 Å². The minimum absolute atomic E-state index is 0.276. The predicted octanol–water partition coefficient (Wildman–Crippen LogP) is -1.78. The van der Waals surface area contributed by atoms with Crippen LogP contribution >= 0.6 is 0 Å². The van der Waals surface area contributed by atoms with Crippen LogP contribution in [0.4, 0.5) is 0 Å². The van der Waals surface area contributed by atoms with Gasteiger partial charge in [0, 0.05) is 19.0 Å². The van der Waals surface area contributed by atoms with E-state index in [1.165, 1.54) is 4.31 Å². The number of hydrogen-bond donors (Lipinski definition) is 3. The summed E-state index contributed by atoms with van der Waals surface area (Å²) in [5.41, 5.74) is 0. The van der Waals surface area contributed by atoms with Gasteiger partial charge in [-0.3, -0.25) is 4.79 Å². The molecule has 0 bridgehead atoms. The Bertz CT molecular complexity index is 441. The van der Waals surface area contributed by atoms with Crippen LogP contribution in [0, 0.1) is 5.92 Å². The minimum Gasteiger partial charge on any atom is -0.479 e. The molecule has 0 aliphatic carbocycles. The van der Waals surface area contributed by atoms with Gasteiger partial charge in [-0.2, -0.15) is 0 Å². The van der Waals surface area contributed by atoms with Gasteiger partial charge < -0.3 is 15.5 Å². The average molecular weight is 294 g/mol. The third-order valence-corrected chi connectivity index (χ3v) is 4.35. The number of aliphatic hydroxyl groups excluding tert-OH is 1. The number of nitrogens with one attached hydrogen (secondary N) is 1. The van der Waals surface area contributed by atoms with Crippen LogP contribution < -0.4 is 5.32 Å². The molecule has 8 nitrogen and oxygen atoms in total. The second-order valence-electron chi connectivity index (χ2n) is 4.54. The number of aliphatic carboxylic acids is 1. The van der Waals surface area contributed by atoms with Gasteiger partial charge in [-0.05, 0) is 12.8 Å². The fourth-order valence-corrected chi connectivity index (χ4v) is 2.75. The summed E-state index contributed by atoms with van der Waals surface area (Å²) in [4.78, 5) is 22.1. The smallest absolute Gasteiger partial charge is 0.334 e. The largest absolute Gasteiger partial charge is 0.479 e. The number of piperidine rings is 1. The van der Waals surface area contributed by atoms with Gasteiger partial charge in [0.25, 0.3) is 0 Å². The van der Waals surface area contributed by atoms with Crippen molar-refractivity contribution in [2.45, 2.75) is 18.9 Å². The van der Waals surface area contributed by atoms with Crippen molar-refractivity contribution in [2.24, 2.45) is 5.92 Å². The minimum atomic E-state index is -3.23. The van der Waals surface area contributed by atoms with Crippen molar-refractivity contribution in [3.63, 3.8) is 0 Å². The summed E-state index contributed by atoms with van der Waals surface area (Å²) in [6, 6.07) is 0.